The van der Waals surface area contributed by atoms with Crippen molar-refractivity contribution in [3.05, 3.63) is 47.5 Å². The van der Waals surface area contributed by atoms with Gasteiger partial charge in [0.05, 0.1) is 12.8 Å². The van der Waals surface area contributed by atoms with Crippen LogP contribution in [0.5, 0.6) is 11.5 Å². The maximum atomic E-state index is 12.0. The van der Waals surface area contributed by atoms with Crippen LogP contribution in [0, 0.1) is 11.3 Å². The van der Waals surface area contributed by atoms with E-state index >= 15 is 0 Å². The molecule has 0 unspecified atom stereocenters. The first-order valence-corrected chi connectivity index (χ1v) is 7.97. The summed E-state index contributed by atoms with van der Waals surface area (Å²) in [5.74, 6) is 1.12. The summed E-state index contributed by atoms with van der Waals surface area (Å²) in [6.45, 7) is 0.427. The molecule has 2 aromatic rings. The lowest BCUT2D eigenvalue weighted by molar-refractivity contribution is -0.115. The van der Waals surface area contributed by atoms with Crippen LogP contribution in [0.3, 0.4) is 0 Å². The molecule has 0 fully saturated rings. The topological polar surface area (TPSA) is 83.4 Å². The lowest BCUT2D eigenvalue weighted by Crippen LogP contribution is -2.16. The molecule has 0 saturated heterocycles. The van der Waals surface area contributed by atoms with E-state index in [0.29, 0.717) is 28.8 Å². The Balaban J connectivity index is 1.81. The zero-order valence-electron chi connectivity index (χ0n) is 13.7. The van der Waals surface area contributed by atoms with Gasteiger partial charge in [-0.05, 0) is 42.5 Å². The summed E-state index contributed by atoms with van der Waals surface area (Å²) in [5.41, 5.74) is 1.40. The van der Waals surface area contributed by atoms with Gasteiger partial charge in [-0.25, -0.2) is 0 Å². The Bertz CT molecular complexity index is 757. The maximum Gasteiger partial charge on any atom is 0.226 e. The normalized spacial score (nSPS) is 9.80. The predicted octanol–water partition coefficient (Wildman–Crippen LogP) is 3.69. The van der Waals surface area contributed by atoms with Crippen LogP contribution >= 0.6 is 11.6 Å². The highest BCUT2D eigenvalue weighted by atomic mass is 35.5. The summed E-state index contributed by atoms with van der Waals surface area (Å²) < 4.78 is 10.4. The fraction of sp³-hybridized carbons (Fsp3) is 0.222. The molecule has 0 aliphatic carbocycles. The Kier molecular flexibility index (Phi) is 6.93. The monoisotopic (exact) mass is 359 g/mol. The molecule has 7 heteroatoms. The van der Waals surface area contributed by atoms with E-state index in [1.165, 1.54) is 0 Å². The number of hydrogen-bond donors (Lipinski definition) is 2. The molecule has 0 bridgehead atoms. The standard InChI is InChI=1S/C18H18ClN3O3/c1-24-17-7-2-13(19)12-16(17)21-10-8-18(23)22-14-3-5-15(6-4-14)25-11-9-20/h2-7,12,21H,8,10-11H2,1H3,(H,22,23). The Labute approximate surface area is 151 Å². The molecule has 1 amide bonds. The smallest absolute Gasteiger partial charge is 0.226 e. The van der Waals surface area contributed by atoms with Crippen molar-refractivity contribution in [2.45, 2.75) is 6.42 Å². The quantitative estimate of drug-likeness (QED) is 0.751. The van der Waals surface area contributed by atoms with Gasteiger partial charge in [0.2, 0.25) is 5.91 Å². The number of benzene rings is 2. The van der Waals surface area contributed by atoms with E-state index in [1.54, 1.807) is 49.6 Å². The lowest BCUT2D eigenvalue weighted by Gasteiger charge is -2.11. The predicted molar refractivity (Wildman–Crippen MR) is 97.3 cm³/mol. The van der Waals surface area contributed by atoms with Crippen LogP contribution in [0.25, 0.3) is 0 Å². The van der Waals surface area contributed by atoms with E-state index < -0.39 is 0 Å². The summed E-state index contributed by atoms with van der Waals surface area (Å²) in [4.78, 5) is 12.0. The number of carbonyl (C=O) groups is 1. The Morgan fingerprint density at radius 2 is 2.00 bits per heavy atom. The lowest BCUT2D eigenvalue weighted by atomic mass is 10.2. The van der Waals surface area contributed by atoms with Crippen molar-refractivity contribution in [1.29, 1.82) is 5.26 Å². The third-order valence-corrected chi connectivity index (χ3v) is 3.51. The molecular weight excluding hydrogens is 342 g/mol. The minimum atomic E-state index is -0.126. The number of amides is 1. The first kappa shape index (κ1) is 18.4. The van der Waals surface area contributed by atoms with Crippen molar-refractivity contribution >= 4 is 28.9 Å². The molecule has 0 saturated carbocycles. The highest BCUT2D eigenvalue weighted by Crippen LogP contribution is 2.27. The fourth-order valence-corrected chi connectivity index (χ4v) is 2.27. The highest BCUT2D eigenvalue weighted by Gasteiger charge is 2.06. The van der Waals surface area contributed by atoms with Crippen LogP contribution in [0.2, 0.25) is 5.02 Å². The van der Waals surface area contributed by atoms with Crippen molar-refractivity contribution < 1.29 is 14.3 Å². The van der Waals surface area contributed by atoms with Crippen molar-refractivity contribution in [3.63, 3.8) is 0 Å². The Morgan fingerprint density at radius 3 is 2.68 bits per heavy atom. The van der Waals surface area contributed by atoms with E-state index in [1.807, 2.05) is 6.07 Å². The average molecular weight is 360 g/mol. The molecule has 0 spiro atoms. The summed E-state index contributed by atoms with van der Waals surface area (Å²) >= 11 is 5.96. The molecule has 0 aliphatic rings. The second-order valence-corrected chi connectivity index (χ2v) is 5.48. The van der Waals surface area contributed by atoms with Gasteiger partial charge in [-0.1, -0.05) is 11.6 Å². The summed E-state index contributed by atoms with van der Waals surface area (Å²) in [5, 5.41) is 15.0. The molecule has 6 nitrogen and oxygen atoms in total. The molecule has 2 rings (SSSR count). The third-order valence-electron chi connectivity index (χ3n) is 3.27. The first-order chi connectivity index (χ1) is 12.1. The average Bonchev–Trinajstić information content (AvgIpc) is 2.61. The molecule has 0 aromatic heterocycles. The Hall–Kier alpha value is -2.91. The van der Waals surface area contributed by atoms with Gasteiger partial charge in [0.25, 0.3) is 0 Å². The molecule has 0 heterocycles. The number of halogens is 1. The zero-order chi connectivity index (χ0) is 18.1. The minimum Gasteiger partial charge on any atom is -0.495 e. The number of carbonyl (C=O) groups excluding carboxylic acids is 1. The van der Waals surface area contributed by atoms with E-state index in [4.69, 9.17) is 26.3 Å². The van der Waals surface area contributed by atoms with E-state index in [9.17, 15) is 4.79 Å². The molecule has 2 N–H and O–H groups in total. The van der Waals surface area contributed by atoms with Gasteiger partial charge in [-0.15, -0.1) is 0 Å². The molecule has 2 aromatic carbocycles. The van der Waals surface area contributed by atoms with E-state index in [-0.39, 0.29) is 18.9 Å². The van der Waals surface area contributed by atoms with E-state index in [2.05, 4.69) is 10.6 Å². The molecule has 0 aliphatic heterocycles. The maximum absolute atomic E-state index is 12.0. The van der Waals surface area contributed by atoms with Gasteiger partial charge in [0.15, 0.2) is 6.61 Å². The van der Waals surface area contributed by atoms with Crippen LogP contribution < -0.4 is 20.1 Å². The molecule has 130 valence electrons. The number of nitriles is 1. The van der Waals surface area contributed by atoms with Gasteiger partial charge in [-0.2, -0.15) is 5.26 Å². The van der Waals surface area contributed by atoms with Crippen LogP contribution in [0.15, 0.2) is 42.5 Å². The molecular formula is C18H18ClN3O3. The number of nitrogens with one attached hydrogen (secondary N) is 2. The molecule has 25 heavy (non-hydrogen) atoms. The second kappa shape index (κ2) is 9.40. The van der Waals surface area contributed by atoms with Gasteiger partial charge in [0.1, 0.15) is 17.6 Å². The highest BCUT2D eigenvalue weighted by molar-refractivity contribution is 6.30. The Morgan fingerprint density at radius 1 is 1.24 bits per heavy atom. The van der Waals surface area contributed by atoms with Crippen molar-refractivity contribution in [2.24, 2.45) is 0 Å². The molecule has 0 atom stereocenters. The SMILES string of the molecule is COc1ccc(Cl)cc1NCCC(=O)Nc1ccc(OCC#N)cc1. The van der Waals surface area contributed by atoms with Crippen molar-refractivity contribution in [3.8, 4) is 17.6 Å². The van der Waals surface area contributed by atoms with Crippen LogP contribution in [-0.4, -0.2) is 26.2 Å². The van der Waals surface area contributed by atoms with Gasteiger partial charge < -0.3 is 20.1 Å². The number of methoxy groups -OCH3 is 1. The van der Waals surface area contributed by atoms with Crippen LogP contribution in [0.1, 0.15) is 6.42 Å². The summed E-state index contributed by atoms with van der Waals surface area (Å²) in [6, 6.07) is 14.0. The van der Waals surface area contributed by atoms with Gasteiger partial charge in [-0.3, -0.25) is 4.79 Å². The van der Waals surface area contributed by atoms with Crippen molar-refractivity contribution in [2.75, 3.05) is 30.9 Å². The van der Waals surface area contributed by atoms with Crippen molar-refractivity contribution in [1.82, 2.24) is 0 Å². The largest absolute Gasteiger partial charge is 0.495 e. The number of hydrogen-bond acceptors (Lipinski definition) is 5. The summed E-state index contributed by atoms with van der Waals surface area (Å²) in [7, 11) is 1.57. The van der Waals surface area contributed by atoms with Gasteiger partial charge >= 0.3 is 0 Å². The second-order valence-electron chi connectivity index (χ2n) is 5.04. The summed E-state index contributed by atoms with van der Waals surface area (Å²) in [6.07, 6.45) is 0.280. The zero-order valence-corrected chi connectivity index (χ0v) is 14.5. The fourth-order valence-electron chi connectivity index (χ4n) is 2.10. The third kappa shape index (κ3) is 5.90. The minimum absolute atomic E-state index is 0.00958. The number of ether oxygens (including phenoxy) is 2. The molecule has 0 radical (unpaired) electrons. The van der Waals surface area contributed by atoms with Crippen LogP contribution in [0.4, 0.5) is 11.4 Å². The number of anilines is 2. The van der Waals surface area contributed by atoms with E-state index in [0.717, 1.165) is 5.69 Å². The number of rotatable bonds is 8. The first-order valence-electron chi connectivity index (χ1n) is 7.59. The van der Waals surface area contributed by atoms with Gasteiger partial charge in [0, 0.05) is 23.7 Å². The number of nitrogens with zero attached hydrogens (tertiary/aromatic N) is 1. The van der Waals surface area contributed by atoms with Crippen LogP contribution in [-0.2, 0) is 4.79 Å².